The van der Waals surface area contributed by atoms with Crippen LogP contribution in [0.3, 0.4) is 0 Å². The standard InChI is InChI=1S/C63H98N18O13S/c1-37(2)33-45(57(89)74-41(53(68)85)27-32-95-3)73-52(84)36-72-54(86)46(34-38-15-6-4-7-16-38)78-58(90)47(35-39-17-8-5-9-18-39)79-56(88)42(23-25-50(66)82)75-55(87)43(24-26-51(67)83)76-59(91)49-22-14-31-81(49)62(94)44(20-10-11-28-64)77-60(92)48-21-13-30-80(48)61(93)40(65)19-12-29-71-63(69)70/h4-9,15-18,37,40-49H,10-14,19-36,64-65H2,1-3H3,(H2,66,82)(H2,67,83)(H2,68,85)(H,72,86)(H,73,84)(H,74,89)(H,75,87)(H,76,91)(H,77,92)(H,78,90)(H,79,88)(H4,69,70,71)/t40-,41-,42-,43+,44-,45-,46+,47+,48-,49+/m0/s1. The lowest BCUT2D eigenvalue weighted by molar-refractivity contribution is -0.144. The van der Waals surface area contributed by atoms with Crippen molar-refractivity contribution in [2.75, 3.05) is 44.7 Å². The summed E-state index contributed by atoms with van der Waals surface area (Å²) in [5, 5.41) is 21.1. The SMILES string of the molecule is CSCC[C@H](NC(=O)[C@H](CC(C)C)NC(=O)CNC(=O)[C@@H](Cc1ccccc1)NC(=O)[C@@H](Cc1ccccc1)NC(=O)[C@H](CCC(N)=O)NC(=O)[C@@H](CCC(N)=O)NC(=O)[C@H]1CCCN1C(=O)[C@H](CCCCN)NC(=O)[C@@H]1CCCN1C(=O)[C@@H](N)CCCN=C(N)N)C(N)=O. The smallest absolute Gasteiger partial charge is 0.245 e. The number of hydrogen-bond acceptors (Lipinski definition) is 17. The molecular weight excluding hydrogens is 1250 g/mol. The zero-order valence-corrected chi connectivity index (χ0v) is 55.3. The second-order valence-corrected chi connectivity index (χ2v) is 25.1. The summed E-state index contributed by atoms with van der Waals surface area (Å²) in [6, 6.07) is 4.51. The van der Waals surface area contributed by atoms with Crippen LogP contribution in [0, 0.1) is 5.92 Å². The summed E-state index contributed by atoms with van der Waals surface area (Å²) in [6.45, 7) is 3.86. The minimum atomic E-state index is -1.64. The Hall–Kier alpha value is -8.91. The molecule has 2 aromatic rings. The second kappa shape index (κ2) is 41.0. The van der Waals surface area contributed by atoms with E-state index in [0.29, 0.717) is 55.4 Å². The molecule has 95 heavy (non-hydrogen) atoms. The molecule has 0 aromatic heterocycles. The van der Waals surface area contributed by atoms with Crippen molar-refractivity contribution in [3.63, 3.8) is 0 Å². The van der Waals surface area contributed by atoms with E-state index in [4.69, 9.17) is 40.1 Å². The molecule has 0 spiro atoms. The van der Waals surface area contributed by atoms with E-state index in [-0.39, 0.29) is 83.0 Å². The molecule has 0 unspecified atom stereocenters. The van der Waals surface area contributed by atoms with Crippen LogP contribution in [-0.2, 0) is 75.2 Å². The summed E-state index contributed by atoms with van der Waals surface area (Å²) < 4.78 is 0. The first-order chi connectivity index (χ1) is 45.2. The minimum Gasteiger partial charge on any atom is -0.370 e. The van der Waals surface area contributed by atoms with Gasteiger partial charge in [-0.05, 0) is 119 Å². The van der Waals surface area contributed by atoms with Gasteiger partial charge in [-0.25, -0.2) is 0 Å². The highest BCUT2D eigenvalue weighted by Crippen LogP contribution is 2.24. The lowest BCUT2D eigenvalue weighted by Crippen LogP contribution is -2.60. The number of hydrogen-bond donors (Lipinski definition) is 15. The molecule has 524 valence electrons. The lowest BCUT2D eigenvalue weighted by Gasteiger charge is -2.32. The largest absolute Gasteiger partial charge is 0.370 e. The van der Waals surface area contributed by atoms with Crippen molar-refractivity contribution < 1.29 is 62.3 Å². The highest BCUT2D eigenvalue weighted by Gasteiger charge is 2.42. The van der Waals surface area contributed by atoms with Crippen LogP contribution in [0.25, 0.3) is 0 Å². The number of likely N-dealkylation sites (tertiary alicyclic amines) is 2. The minimum absolute atomic E-state index is 0.0736. The van der Waals surface area contributed by atoms with Crippen molar-refractivity contribution in [1.29, 1.82) is 0 Å². The average molecular weight is 1350 g/mol. The van der Waals surface area contributed by atoms with Crippen LogP contribution in [0.15, 0.2) is 65.7 Å². The number of benzene rings is 2. The quantitative estimate of drug-likeness (QED) is 0.0173. The Morgan fingerprint density at radius 3 is 1.51 bits per heavy atom. The number of nitrogens with one attached hydrogen (secondary N) is 8. The fourth-order valence-corrected chi connectivity index (χ4v) is 11.5. The Balaban J connectivity index is 1.56. The van der Waals surface area contributed by atoms with Gasteiger partial charge >= 0.3 is 0 Å². The van der Waals surface area contributed by atoms with Gasteiger partial charge in [0.25, 0.3) is 0 Å². The van der Waals surface area contributed by atoms with Gasteiger partial charge in [-0.15, -0.1) is 0 Å². The molecule has 0 bridgehead atoms. The van der Waals surface area contributed by atoms with E-state index in [1.165, 1.54) is 21.6 Å². The van der Waals surface area contributed by atoms with Gasteiger partial charge in [0.15, 0.2) is 5.96 Å². The Morgan fingerprint density at radius 2 is 1.01 bits per heavy atom. The summed E-state index contributed by atoms with van der Waals surface area (Å²) >= 11 is 1.45. The maximum Gasteiger partial charge on any atom is 0.245 e. The van der Waals surface area contributed by atoms with E-state index in [9.17, 15) is 62.3 Å². The van der Waals surface area contributed by atoms with Gasteiger partial charge in [0.2, 0.25) is 76.8 Å². The van der Waals surface area contributed by atoms with E-state index in [2.05, 4.69) is 47.5 Å². The molecule has 2 aromatic carbocycles. The van der Waals surface area contributed by atoms with Crippen molar-refractivity contribution in [3.8, 4) is 0 Å². The normalized spacial score (nSPS) is 16.8. The molecule has 13 amide bonds. The first kappa shape index (κ1) is 78.5. The molecule has 2 heterocycles. The topological polar surface area (TPSA) is 519 Å². The number of guanidine groups is 1. The summed E-state index contributed by atoms with van der Waals surface area (Å²) in [6.07, 6.45) is 3.12. The number of amides is 13. The van der Waals surface area contributed by atoms with Crippen LogP contribution < -0.4 is 82.7 Å². The molecule has 22 N–H and O–H groups in total. The molecule has 2 fully saturated rings. The number of aliphatic imine (C=N–C) groups is 1. The molecule has 4 rings (SSSR count). The van der Waals surface area contributed by atoms with Gasteiger partial charge in [-0.1, -0.05) is 74.5 Å². The summed E-state index contributed by atoms with van der Waals surface area (Å²) in [7, 11) is 0. The maximum atomic E-state index is 14.7. The fraction of sp³-hybridized carbons (Fsp3) is 0.587. The molecule has 0 aliphatic carbocycles. The molecule has 32 heteroatoms. The fourth-order valence-electron chi connectivity index (χ4n) is 11.0. The van der Waals surface area contributed by atoms with Gasteiger partial charge in [0.1, 0.15) is 54.4 Å². The monoisotopic (exact) mass is 1350 g/mol. The predicted molar refractivity (Wildman–Crippen MR) is 356 cm³/mol. The third-order valence-electron chi connectivity index (χ3n) is 16.0. The highest BCUT2D eigenvalue weighted by molar-refractivity contribution is 7.98. The van der Waals surface area contributed by atoms with Crippen LogP contribution in [0.2, 0.25) is 0 Å². The third kappa shape index (κ3) is 27.5. The van der Waals surface area contributed by atoms with Crippen molar-refractivity contribution in [3.05, 3.63) is 71.8 Å². The molecular formula is C63H98N18O13S. The van der Waals surface area contributed by atoms with Crippen LogP contribution in [-0.4, -0.2) is 198 Å². The number of nitrogens with two attached hydrogens (primary N) is 7. The number of thioether (sulfide) groups is 1. The molecule has 2 saturated heterocycles. The Kier molecular flexibility index (Phi) is 33.9. The summed E-state index contributed by atoms with van der Waals surface area (Å²) in [4.78, 5) is 185. The maximum absolute atomic E-state index is 14.7. The highest BCUT2D eigenvalue weighted by atomic mass is 32.2. The van der Waals surface area contributed by atoms with E-state index in [1.807, 2.05) is 20.1 Å². The first-order valence-electron chi connectivity index (χ1n) is 32.2. The zero-order valence-electron chi connectivity index (χ0n) is 54.5. The zero-order chi connectivity index (χ0) is 70.1. The Labute approximate surface area is 558 Å². The molecule has 0 radical (unpaired) electrons. The molecule has 10 atom stereocenters. The number of rotatable bonds is 42. The van der Waals surface area contributed by atoms with Gasteiger partial charge in [0, 0.05) is 45.3 Å². The number of primary amides is 3. The lowest BCUT2D eigenvalue weighted by atomic mass is 10.0. The first-order valence-corrected chi connectivity index (χ1v) is 33.6. The van der Waals surface area contributed by atoms with Gasteiger partial charge in [-0.3, -0.25) is 67.3 Å². The molecule has 2 aliphatic rings. The third-order valence-corrected chi connectivity index (χ3v) is 16.7. The molecule has 2 aliphatic heterocycles. The van der Waals surface area contributed by atoms with Crippen molar-refractivity contribution in [2.45, 2.75) is 183 Å². The van der Waals surface area contributed by atoms with Crippen LogP contribution >= 0.6 is 11.8 Å². The van der Waals surface area contributed by atoms with Crippen molar-refractivity contribution in [2.24, 2.45) is 51.0 Å². The summed E-state index contributed by atoms with van der Waals surface area (Å²) in [5.41, 5.74) is 40.6. The van der Waals surface area contributed by atoms with Crippen LogP contribution in [0.1, 0.15) is 121 Å². The van der Waals surface area contributed by atoms with E-state index < -0.39 is 169 Å². The summed E-state index contributed by atoms with van der Waals surface area (Å²) in [5.74, 6) is -9.80. The van der Waals surface area contributed by atoms with Crippen LogP contribution in [0.4, 0.5) is 0 Å². The van der Waals surface area contributed by atoms with E-state index in [0.717, 1.165) is 0 Å². The van der Waals surface area contributed by atoms with E-state index >= 15 is 0 Å². The van der Waals surface area contributed by atoms with Gasteiger partial charge in [-0.2, -0.15) is 11.8 Å². The van der Waals surface area contributed by atoms with Crippen molar-refractivity contribution >= 4 is 94.5 Å². The second-order valence-electron chi connectivity index (χ2n) is 24.1. The average Bonchev–Trinajstić information content (AvgIpc) is 1.74. The van der Waals surface area contributed by atoms with Gasteiger partial charge < -0.3 is 92.5 Å². The van der Waals surface area contributed by atoms with Gasteiger partial charge in [0.05, 0.1) is 12.6 Å². The predicted octanol–water partition coefficient (Wildman–Crippen LogP) is -3.71. The number of unbranched alkanes of at least 4 members (excludes halogenated alkanes) is 1. The Morgan fingerprint density at radius 1 is 0.537 bits per heavy atom. The van der Waals surface area contributed by atoms with Crippen LogP contribution in [0.5, 0.6) is 0 Å². The number of nitrogens with zero attached hydrogens (tertiary/aromatic N) is 3. The molecule has 31 nitrogen and oxygen atoms in total. The number of carbonyl (C=O) groups is 13. The van der Waals surface area contributed by atoms with Crippen molar-refractivity contribution in [1.82, 2.24) is 52.3 Å². The molecule has 0 saturated carbocycles. The Bertz CT molecular complexity index is 2960. The number of carbonyl (C=O) groups excluding carboxylic acids is 13. The van der Waals surface area contributed by atoms with E-state index in [1.54, 1.807) is 60.7 Å².